The molecule has 2 nitrogen and oxygen atoms in total. The molecule has 1 atom stereocenters. The van der Waals surface area contributed by atoms with Gasteiger partial charge < -0.3 is 5.32 Å². The number of pyridine rings is 1. The van der Waals surface area contributed by atoms with E-state index in [2.05, 4.69) is 10.3 Å². The zero-order chi connectivity index (χ0) is 12.3. The molecule has 1 fully saturated rings. The highest BCUT2D eigenvalue weighted by atomic mass is 32.2. The Hall–Kier alpha value is -0.750. The van der Waals surface area contributed by atoms with Gasteiger partial charge in [0.25, 0.3) is 0 Å². The molecular formula is C11H13F3N2S. The van der Waals surface area contributed by atoms with E-state index in [1.165, 1.54) is 12.3 Å². The summed E-state index contributed by atoms with van der Waals surface area (Å²) in [5.41, 5.74) is 0.0173. The smallest absolute Gasteiger partial charge is 0.316 e. The van der Waals surface area contributed by atoms with E-state index in [-0.39, 0.29) is 0 Å². The molecule has 0 spiro atoms. The molecule has 0 aromatic carbocycles. The van der Waals surface area contributed by atoms with Crippen molar-refractivity contribution >= 4 is 11.8 Å². The lowest BCUT2D eigenvalue weighted by atomic mass is 10.3. The van der Waals surface area contributed by atoms with E-state index in [1.54, 1.807) is 11.8 Å². The minimum Gasteiger partial charge on any atom is -0.316 e. The topological polar surface area (TPSA) is 24.9 Å². The fourth-order valence-corrected chi connectivity index (χ4v) is 2.78. The van der Waals surface area contributed by atoms with E-state index in [4.69, 9.17) is 0 Å². The summed E-state index contributed by atoms with van der Waals surface area (Å²) in [7, 11) is 0. The molecule has 17 heavy (non-hydrogen) atoms. The number of alkyl halides is 3. The summed E-state index contributed by atoms with van der Waals surface area (Å²) in [6.07, 6.45) is -1.90. The predicted octanol–water partition coefficient (Wildman–Crippen LogP) is 2.70. The lowest BCUT2D eigenvalue weighted by molar-refractivity contribution is -0.141. The maximum atomic E-state index is 12.3. The molecule has 1 aromatic rings. The van der Waals surface area contributed by atoms with Crippen LogP contribution >= 0.6 is 11.8 Å². The van der Waals surface area contributed by atoms with Gasteiger partial charge in [-0.15, -0.1) is 0 Å². The number of halogens is 3. The molecule has 1 unspecified atom stereocenters. The Labute approximate surface area is 102 Å². The van der Waals surface area contributed by atoms with Crippen LogP contribution in [0.4, 0.5) is 13.2 Å². The standard InChI is InChI=1S/C11H13F3N2S/c12-11(13,14)10-2-1-8(5-16-10)7-17-9-3-4-15-6-9/h1-2,5,9,15H,3-4,6-7H2. The minimum absolute atomic E-state index is 0.567. The fourth-order valence-electron chi connectivity index (χ4n) is 1.66. The Morgan fingerprint density at radius 2 is 2.24 bits per heavy atom. The molecule has 2 rings (SSSR count). The zero-order valence-electron chi connectivity index (χ0n) is 9.13. The van der Waals surface area contributed by atoms with Crippen molar-refractivity contribution in [3.63, 3.8) is 0 Å². The highest BCUT2D eigenvalue weighted by Gasteiger charge is 2.31. The molecule has 0 amide bonds. The Bertz CT molecular complexity index is 358. The Morgan fingerprint density at radius 1 is 1.41 bits per heavy atom. The zero-order valence-corrected chi connectivity index (χ0v) is 9.94. The van der Waals surface area contributed by atoms with E-state index in [9.17, 15) is 13.2 Å². The van der Waals surface area contributed by atoms with Gasteiger partial charge in [-0.1, -0.05) is 6.07 Å². The van der Waals surface area contributed by atoms with Crippen LogP contribution in [0.5, 0.6) is 0 Å². The molecule has 94 valence electrons. The minimum atomic E-state index is -4.35. The van der Waals surface area contributed by atoms with Crippen LogP contribution in [0.25, 0.3) is 0 Å². The number of nitrogens with one attached hydrogen (secondary N) is 1. The second-order valence-electron chi connectivity index (χ2n) is 3.98. The van der Waals surface area contributed by atoms with Gasteiger partial charge in [0.1, 0.15) is 5.69 Å². The summed E-state index contributed by atoms with van der Waals surface area (Å²) in [5.74, 6) is 0.720. The van der Waals surface area contributed by atoms with Crippen LogP contribution in [-0.4, -0.2) is 23.3 Å². The van der Waals surface area contributed by atoms with Crippen molar-refractivity contribution in [2.24, 2.45) is 0 Å². The third kappa shape index (κ3) is 3.61. The van der Waals surface area contributed by atoms with Gasteiger partial charge in [0.15, 0.2) is 0 Å². The number of nitrogens with zero attached hydrogens (tertiary/aromatic N) is 1. The first-order valence-electron chi connectivity index (χ1n) is 5.40. The molecular weight excluding hydrogens is 249 g/mol. The van der Waals surface area contributed by atoms with Crippen molar-refractivity contribution < 1.29 is 13.2 Å². The van der Waals surface area contributed by atoms with E-state index < -0.39 is 11.9 Å². The van der Waals surface area contributed by atoms with Crippen molar-refractivity contribution in [1.82, 2.24) is 10.3 Å². The van der Waals surface area contributed by atoms with E-state index in [1.807, 2.05) is 0 Å². The average molecular weight is 262 g/mol. The summed E-state index contributed by atoms with van der Waals surface area (Å²) in [6, 6.07) is 2.55. The normalized spacial score (nSPS) is 20.8. The van der Waals surface area contributed by atoms with Gasteiger partial charge in [-0.25, -0.2) is 0 Å². The predicted molar refractivity (Wildman–Crippen MR) is 61.8 cm³/mol. The van der Waals surface area contributed by atoms with Gasteiger partial charge >= 0.3 is 6.18 Å². The fraction of sp³-hybridized carbons (Fsp3) is 0.545. The molecule has 1 aliphatic heterocycles. The van der Waals surface area contributed by atoms with Crippen LogP contribution in [0, 0.1) is 0 Å². The van der Waals surface area contributed by atoms with Crippen molar-refractivity contribution in [3.8, 4) is 0 Å². The molecule has 1 aliphatic rings. The van der Waals surface area contributed by atoms with Crippen LogP contribution in [0.3, 0.4) is 0 Å². The van der Waals surface area contributed by atoms with Crippen LogP contribution in [-0.2, 0) is 11.9 Å². The maximum absolute atomic E-state index is 12.3. The number of hydrogen-bond acceptors (Lipinski definition) is 3. The molecule has 1 aromatic heterocycles. The highest BCUT2D eigenvalue weighted by molar-refractivity contribution is 7.99. The summed E-state index contributed by atoms with van der Waals surface area (Å²) in [5, 5.41) is 3.82. The van der Waals surface area contributed by atoms with Gasteiger partial charge in [-0.3, -0.25) is 4.98 Å². The molecule has 1 saturated heterocycles. The first kappa shape index (κ1) is 12.7. The van der Waals surface area contributed by atoms with Gasteiger partial charge in [0, 0.05) is 23.7 Å². The molecule has 1 N–H and O–H groups in total. The van der Waals surface area contributed by atoms with E-state index in [0.29, 0.717) is 5.25 Å². The van der Waals surface area contributed by atoms with Gasteiger partial charge in [-0.05, 0) is 24.6 Å². The van der Waals surface area contributed by atoms with Crippen LogP contribution in [0.2, 0.25) is 0 Å². The maximum Gasteiger partial charge on any atom is 0.433 e. The summed E-state index contributed by atoms with van der Waals surface area (Å²) in [4.78, 5) is 3.44. The van der Waals surface area contributed by atoms with Crippen molar-refractivity contribution in [3.05, 3.63) is 29.6 Å². The lowest BCUT2D eigenvalue weighted by Crippen LogP contribution is -2.10. The highest BCUT2D eigenvalue weighted by Crippen LogP contribution is 2.28. The SMILES string of the molecule is FC(F)(F)c1ccc(CSC2CCNC2)cn1. The summed E-state index contributed by atoms with van der Waals surface area (Å²) in [6.45, 7) is 2.02. The molecule has 0 radical (unpaired) electrons. The number of rotatable bonds is 3. The third-order valence-corrected chi connectivity index (χ3v) is 3.99. The van der Waals surface area contributed by atoms with Crippen molar-refractivity contribution in [1.29, 1.82) is 0 Å². The molecule has 0 bridgehead atoms. The molecule has 2 heterocycles. The second-order valence-corrected chi connectivity index (χ2v) is 5.26. The Balaban J connectivity index is 1.89. The van der Waals surface area contributed by atoms with E-state index >= 15 is 0 Å². The molecule has 6 heteroatoms. The average Bonchev–Trinajstić information content (AvgIpc) is 2.78. The number of aromatic nitrogens is 1. The van der Waals surface area contributed by atoms with Crippen LogP contribution in [0.1, 0.15) is 17.7 Å². The van der Waals surface area contributed by atoms with Crippen LogP contribution in [0.15, 0.2) is 18.3 Å². The first-order valence-corrected chi connectivity index (χ1v) is 6.45. The van der Waals surface area contributed by atoms with Crippen molar-refractivity contribution in [2.45, 2.75) is 23.6 Å². The van der Waals surface area contributed by atoms with E-state index in [0.717, 1.165) is 36.9 Å². The lowest BCUT2D eigenvalue weighted by Gasteiger charge is -2.09. The third-order valence-electron chi connectivity index (χ3n) is 2.62. The first-order chi connectivity index (χ1) is 8.05. The molecule has 0 aliphatic carbocycles. The van der Waals surface area contributed by atoms with Gasteiger partial charge in [-0.2, -0.15) is 24.9 Å². The van der Waals surface area contributed by atoms with Crippen molar-refractivity contribution in [2.75, 3.05) is 13.1 Å². The van der Waals surface area contributed by atoms with Crippen LogP contribution < -0.4 is 5.32 Å². The summed E-state index contributed by atoms with van der Waals surface area (Å²) < 4.78 is 36.8. The quantitative estimate of drug-likeness (QED) is 0.906. The molecule has 0 saturated carbocycles. The largest absolute Gasteiger partial charge is 0.433 e. The van der Waals surface area contributed by atoms with Gasteiger partial charge in [0.2, 0.25) is 0 Å². The number of thioether (sulfide) groups is 1. The monoisotopic (exact) mass is 262 g/mol. The Kier molecular flexibility index (Phi) is 3.93. The summed E-state index contributed by atoms with van der Waals surface area (Å²) >= 11 is 1.77. The van der Waals surface area contributed by atoms with Gasteiger partial charge in [0.05, 0.1) is 0 Å². The number of hydrogen-bond donors (Lipinski definition) is 1. The Morgan fingerprint density at radius 3 is 2.76 bits per heavy atom. The second kappa shape index (κ2) is 5.27.